The summed E-state index contributed by atoms with van der Waals surface area (Å²) in [6.07, 6.45) is -0.437. The summed E-state index contributed by atoms with van der Waals surface area (Å²) in [5.41, 5.74) is 2.60. The quantitative estimate of drug-likeness (QED) is 0.873. The average molecular weight is 306 g/mol. The summed E-state index contributed by atoms with van der Waals surface area (Å²) in [6.45, 7) is 11.7. The molecule has 4 heteroatoms. The lowest BCUT2D eigenvalue weighted by molar-refractivity contribution is 0.0504. The van der Waals surface area contributed by atoms with Crippen molar-refractivity contribution in [3.63, 3.8) is 0 Å². The van der Waals surface area contributed by atoms with Crippen molar-refractivity contribution in [2.75, 3.05) is 46.4 Å². The van der Waals surface area contributed by atoms with Gasteiger partial charge in [0.05, 0.1) is 0 Å². The molecule has 0 bridgehead atoms. The number of ether oxygens (including phenoxy) is 1. The van der Waals surface area contributed by atoms with Crippen molar-refractivity contribution in [1.29, 1.82) is 0 Å². The summed E-state index contributed by atoms with van der Waals surface area (Å²) in [4.78, 5) is 4.62. The molecule has 0 aromatic heterocycles. The van der Waals surface area contributed by atoms with Gasteiger partial charge >= 0.3 is 0 Å². The van der Waals surface area contributed by atoms with Gasteiger partial charge in [0.15, 0.2) is 0 Å². The first-order valence-corrected chi connectivity index (χ1v) is 8.28. The number of hydrogen-bond acceptors (Lipinski definition) is 4. The van der Waals surface area contributed by atoms with Crippen LogP contribution in [0, 0.1) is 6.92 Å². The Morgan fingerprint density at radius 1 is 1.18 bits per heavy atom. The lowest BCUT2D eigenvalue weighted by Gasteiger charge is -2.33. The van der Waals surface area contributed by atoms with E-state index in [1.807, 2.05) is 6.07 Å². The maximum absolute atomic E-state index is 10.2. The largest absolute Gasteiger partial charge is 0.491 e. The van der Waals surface area contributed by atoms with E-state index in [1.54, 1.807) is 0 Å². The summed E-state index contributed by atoms with van der Waals surface area (Å²) in [6, 6.07) is 6.20. The van der Waals surface area contributed by atoms with E-state index in [0.717, 1.165) is 31.9 Å². The van der Waals surface area contributed by atoms with E-state index in [1.165, 1.54) is 11.1 Å². The molecule has 0 saturated carbocycles. The van der Waals surface area contributed by atoms with Gasteiger partial charge in [0.1, 0.15) is 18.5 Å². The second-order valence-corrected chi connectivity index (χ2v) is 6.74. The molecule has 1 aliphatic heterocycles. The first kappa shape index (κ1) is 17.3. The number of aliphatic hydroxyl groups excluding tert-OH is 1. The van der Waals surface area contributed by atoms with Crippen LogP contribution in [0.3, 0.4) is 0 Å². The molecule has 1 N–H and O–H groups in total. The highest BCUT2D eigenvalue weighted by atomic mass is 16.5. The Morgan fingerprint density at radius 2 is 1.86 bits per heavy atom. The minimum atomic E-state index is -0.437. The Bertz CT molecular complexity index is 468. The average Bonchev–Trinajstić information content (AvgIpc) is 2.47. The van der Waals surface area contributed by atoms with Gasteiger partial charge in [-0.05, 0) is 43.1 Å². The second kappa shape index (κ2) is 7.95. The molecule has 0 spiro atoms. The van der Waals surface area contributed by atoms with Gasteiger partial charge < -0.3 is 14.7 Å². The van der Waals surface area contributed by atoms with Crippen molar-refractivity contribution in [2.24, 2.45) is 0 Å². The molecule has 1 aliphatic rings. The standard InChI is InChI=1S/C18H30N2O2/c1-14(2)18-6-5-17(11-15(18)3)22-13-16(21)12-20-9-7-19(4)8-10-20/h5-6,11,14,16,21H,7-10,12-13H2,1-4H3/t16-/m1/s1. The van der Waals surface area contributed by atoms with Gasteiger partial charge in [-0.3, -0.25) is 4.90 Å². The Labute approximate surface area is 134 Å². The van der Waals surface area contributed by atoms with Crippen molar-refractivity contribution in [3.05, 3.63) is 29.3 Å². The third kappa shape index (κ3) is 4.97. The minimum absolute atomic E-state index is 0.354. The summed E-state index contributed by atoms with van der Waals surface area (Å²) >= 11 is 0. The van der Waals surface area contributed by atoms with Crippen molar-refractivity contribution >= 4 is 0 Å². The predicted octanol–water partition coefficient (Wildman–Crippen LogP) is 2.11. The number of aliphatic hydroxyl groups is 1. The molecule has 22 heavy (non-hydrogen) atoms. The van der Waals surface area contributed by atoms with Crippen molar-refractivity contribution in [1.82, 2.24) is 9.80 Å². The highest BCUT2D eigenvalue weighted by molar-refractivity contribution is 5.36. The van der Waals surface area contributed by atoms with Crippen LogP contribution < -0.4 is 4.74 Å². The van der Waals surface area contributed by atoms with Crippen LogP contribution in [0.15, 0.2) is 18.2 Å². The molecule has 1 heterocycles. The Kier molecular flexibility index (Phi) is 6.24. The predicted molar refractivity (Wildman–Crippen MR) is 90.7 cm³/mol. The van der Waals surface area contributed by atoms with E-state index in [4.69, 9.17) is 4.74 Å². The first-order chi connectivity index (χ1) is 10.5. The molecular weight excluding hydrogens is 276 g/mol. The molecular formula is C18H30N2O2. The zero-order chi connectivity index (χ0) is 16.1. The third-order valence-corrected chi connectivity index (χ3v) is 4.37. The Hall–Kier alpha value is -1.10. The van der Waals surface area contributed by atoms with Crippen LogP contribution in [0.2, 0.25) is 0 Å². The fraction of sp³-hybridized carbons (Fsp3) is 0.667. The van der Waals surface area contributed by atoms with Crippen LogP contribution >= 0.6 is 0 Å². The topological polar surface area (TPSA) is 35.9 Å². The van der Waals surface area contributed by atoms with Crippen LogP contribution in [0.4, 0.5) is 0 Å². The molecule has 2 rings (SSSR count). The van der Waals surface area contributed by atoms with E-state index >= 15 is 0 Å². The van der Waals surface area contributed by atoms with Gasteiger partial charge in [-0.15, -0.1) is 0 Å². The zero-order valence-corrected chi connectivity index (χ0v) is 14.4. The molecule has 1 fully saturated rings. The van der Waals surface area contributed by atoms with Crippen LogP contribution in [-0.2, 0) is 0 Å². The maximum atomic E-state index is 10.2. The minimum Gasteiger partial charge on any atom is -0.491 e. The van der Waals surface area contributed by atoms with Gasteiger partial charge in [-0.1, -0.05) is 19.9 Å². The first-order valence-electron chi connectivity index (χ1n) is 8.28. The number of likely N-dealkylation sites (N-methyl/N-ethyl adjacent to an activating group) is 1. The summed E-state index contributed by atoms with van der Waals surface area (Å²) in [7, 11) is 2.14. The number of benzene rings is 1. The molecule has 0 radical (unpaired) electrons. The monoisotopic (exact) mass is 306 g/mol. The summed E-state index contributed by atoms with van der Waals surface area (Å²) in [5.74, 6) is 1.37. The van der Waals surface area contributed by atoms with E-state index in [-0.39, 0.29) is 0 Å². The van der Waals surface area contributed by atoms with Gasteiger partial charge in [0.25, 0.3) is 0 Å². The summed E-state index contributed by atoms with van der Waals surface area (Å²) in [5, 5.41) is 10.2. The molecule has 1 atom stereocenters. The molecule has 0 unspecified atom stereocenters. The van der Waals surface area contributed by atoms with Crippen molar-refractivity contribution < 1.29 is 9.84 Å². The Balaban J connectivity index is 1.78. The van der Waals surface area contributed by atoms with E-state index in [0.29, 0.717) is 19.1 Å². The molecule has 124 valence electrons. The fourth-order valence-electron chi connectivity index (χ4n) is 2.96. The van der Waals surface area contributed by atoms with Gasteiger partial charge in [-0.25, -0.2) is 0 Å². The molecule has 0 aliphatic carbocycles. The Morgan fingerprint density at radius 3 is 2.45 bits per heavy atom. The highest BCUT2D eigenvalue weighted by Crippen LogP contribution is 2.23. The van der Waals surface area contributed by atoms with Crippen LogP contribution in [-0.4, -0.2) is 67.4 Å². The molecule has 1 aromatic carbocycles. The van der Waals surface area contributed by atoms with E-state index < -0.39 is 6.10 Å². The molecule has 1 aromatic rings. The third-order valence-electron chi connectivity index (χ3n) is 4.37. The highest BCUT2D eigenvalue weighted by Gasteiger charge is 2.17. The van der Waals surface area contributed by atoms with Crippen LogP contribution in [0.25, 0.3) is 0 Å². The smallest absolute Gasteiger partial charge is 0.119 e. The maximum Gasteiger partial charge on any atom is 0.119 e. The number of hydrogen-bond donors (Lipinski definition) is 1. The van der Waals surface area contributed by atoms with Crippen molar-refractivity contribution in [3.8, 4) is 5.75 Å². The lowest BCUT2D eigenvalue weighted by atomic mass is 9.98. The lowest BCUT2D eigenvalue weighted by Crippen LogP contribution is -2.47. The fourth-order valence-corrected chi connectivity index (χ4v) is 2.96. The van der Waals surface area contributed by atoms with Crippen molar-refractivity contribution in [2.45, 2.75) is 32.8 Å². The van der Waals surface area contributed by atoms with Gasteiger partial charge in [0, 0.05) is 32.7 Å². The number of β-amino-alcohol motifs (C(OH)–C–C–N with tert-alkyl or cyclic N) is 1. The van der Waals surface area contributed by atoms with Gasteiger partial charge in [-0.2, -0.15) is 0 Å². The number of nitrogens with zero attached hydrogens (tertiary/aromatic N) is 2. The second-order valence-electron chi connectivity index (χ2n) is 6.74. The zero-order valence-electron chi connectivity index (χ0n) is 14.4. The molecule has 0 amide bonds. The van der Waals surface area contributed by atoms with Gasteiger partial charge in [0.2, 0.25) is 0 Å². The van der Waals surface area contributed by atoms with E-state index in [2.05, 4.69) is 49.8 Å². The number of piperazine rings is 1. The number of rotatable bonds is 6. The van der Waals surface area contributed by atoms with Crippen LogP contribution in [0.5, 0.6) is 5.75 Å². The van der Waals surface area contributed by atoms with Crippen LogP contribution in [0.1, 0.15) is 30.9 Å². The normalized spacial score (nSPS) is 18.6. The molecule has 1 saturated heterocycles. The SMILES string of the molecule is Cc1cc(OC[C@H](O)CN2CCN(C)CC2)ccc1C(C)C. The summed E-state index contributed by atoms with van der Waals surface area (Å²) < 4.78 is 5.76. The van der Waals surface area contributed by atoms with E-state index in [9.17, 15) is 5.11 Å². The number of aryl methyl sites for hydroxylation is 1. The molecule has 4 nitrogen and oxygen atoms in total.